The van der Waals surface area contributed by atoms with Gasteiger partial charge < -0.3 is 14.1 Å². The summed E-state index contributed by atoms with van der Waals surface area (Å²) < 4.78 is 38.6. The van der Waals surface area contributed by atoms with Crippen LogP contribution in [0.3, 0.4) is 0 Å². The fourth-order valence-electron chi connectivity index (χ4n) is 4.20. The van der Waals surface area contributed by atoms with Gasteiger partial charge in [0.2, 0.25) is 15.8 Å². The summed E-state index contributed by atoms with van der Waals surface area (Å²) in [5, 5.41) is 0.775. The molecule has 0 spiro atoms. The molecule has 0 unspecified atom stereocenters. The molecule has 0 bridgehead atoms. The summed E-state index contributed by atoms with van der Waals surface area (Å²) >= 11 is 6.18. The van der Waals surface area contributed by atoms with Crippen molar-refractivity contribution in [3.05, 3.63) is 95.2 Å². The minimum absolute atomic E-state index is 0.0223. The van der Waals surface area contributed by atoms with Crippen LogP contribution in [0.25, 0.3) is 11.0 Å². The molecule has 0 atom stereocenters. The molecule has 3 aromatic carbocycles. The highest BCUT2D eigenvalue weighted by atomic mass is 35.5. The van der Waals surface area contributed by atoms with E-state index in [0.29, 0.717) is 31.8 Å². The third-order valence-electron chi connectivity index (χ3n) is 6.19. The number of hydrogen-bond donors (Lipinski definition) is 0. The first-order chi connectivity index (χ1) is 17.8. The molecule has 0 saturated carbocycles. The molecule has 1 aliphatic heterocycles. The fourth-order valence-corrected chi connectivity index (χ4v) is 5.84. The monoisotopic (exact) mass is 538 g/mol. The summed E-state index contributed by atoms with van der Waals surface area (Å²) in [4.78, 5) is 27.3. The zero-order chi connectivity index (χ0) is 26.0. The Morgan fingerprint density at radius 3 is 2.32 bits per heavy atom. The van der Waals surface area contributed by atoms with Crippen LogP contribution in [-0.4, -0.2) is 57.3 Å². The maximum Gasteiger partial charge on any atom is 0.340 e. The standard InChI is InChI=1S/C27H23ClN2O6S/c28-23-11-10-21(37(33,34)30-14-12-29(13-15-30)20-7-2-1-3-8-20)17-22(23)27(32)35-18-24(31)26-16-19-6-4-5-9-25(19)36-26/h1-11,16-17H,12-15,18H2. The molecular weight excluding hydrogens is 516 g/mol. The zero-order valence-corrected chi connectivity index (χ0v) is 21.2. The van der Waals surface area contributed by atoms with E-state index in [-0.39, 0.29) is 21.2 Å². The summed E-state index contributed by atoms with van der Waals surface area (Å²) in [5.74, 6) is -1.37. The lowest BCUT2D eigenvalue weighted by atomic mass is 10.2. The number of Topliss-reactive ketones (excluding diaryl/α,β-unsaturated/α-hetero) is 1. The summed E-state index contributed by atoms with van der Waals surface area (Å²) in [6.45, 7) is 1.09. The van der Waals surface area contributed by atoms with Crippen LogP contribution < -0.4 is 4.90 Å². The van der Waals surface area contributed by atoms with Crippen molar-refractivity contribution in [3.8, 4) is 0 Å². The lowest BCUT2D eigenvalue weighted by Gasteiger charge is -2.35. The molecular formula is C27H23ClN2O6S. The molecule has 2 heterocycles. The van der Waals surface area contributed by atoms with Crippen molar-refractivity contribution in [3.63, 3.8) is 0 Å². The summed E-state index contributed by atoms with van der Waals surface area (Å²) in [5.41, 5.74) is 1.44. The summed E-state index contributed by atoms with van der Waals surface area (Å²) in [6, 6.07) is 22.4. The number of rotatable bonds is 7. The molecule has 5 rings (SSSR count). The molecule has 1 fully saturated rings. The van der Waals surface area contributed by atoms with E-state index < -0.39 is 28.4 Å². The minimum atomic E-state index is -3.87. The number of ketones is 1. The SMILES string of the molecule is O=C(COC(=O)c1cc(S(=O)(=O)N2CCN(c3ccccc3)CC2)ccc1Cl)c1cc2ccccc2o1. The van der Waals surface area contributed by atoms with Gasteiger partial charge in [0, 0.05) is 37.3 Å². The van der Waals surface area contributed by atoms with Crippen LogP contribution in [0.1, 0.15) is 20.9 Å². The molecule has 10 heteroatoms. The van der Waals surface area contributed by atoms with Gasteiger partial charge in [-0.15, -0.1) is 0 Å². The van der Waals surface area contributed by atoms with Crippen molar-refractivity contribution in [1.82, 2.24) is 4.31 Å². The Hall–Kier alpha value is -3.66. The number of carbonyl (C=O) groups is 2. The smallest absolute Gasteiger partial charge is 0.340 e. The number of sulfonamides is 1. The zero-order valence-electron chi connectivity index (χ0n) is 19.7. The van der Waals surface area contributed by atoms with Gasteiger partial charge in [-0.3, -0.25) is 4.79 Å². The second kappa shape index (κ2) is 10.4. The van der Waals surface area contributed by atoms with E-state index in [1.54, 1.807) is 24.3 Å². The maximum absolute atomic E-state index is 13.3. The van der Waals surface area contributed by atoms with Gasteiger partial charge >= 0.3 is 5.97 Å². The van der Waals surface area contributed by atoms with Crippen molar-refractivity contribution in [2.24, 2.45) is 0 Å². The Morgan fingerprint density at radius 2 is 1.59 bits per heavy atom. The number of ether oxygens (including phenoxy) is 1. The van der Waals surface area contributed by atoms with E-state index in [0.717, 1.165) is 11.1 Å². The Labute approximate surface area is 219 Å². The number of fused-ring (bicyclic) bond motifs is 1. The van der Waals surface area contributed by atoms with E-state index in [1.807, 2.05) is 36.4 Å². The van der Waals surface area contributed by atoms with Crippen LogP contribution in [0.2, 0.25) is 5.02 Å². The van der Waals surface area contributed by atoms with Crippen LogP contribution in [-0.2, 0) is 14.8 Å². The predicted octanol–water partition coefficient (Wildman–Crippen LogP) is 4.64. The van der Waals surface area contributed by atoms with Crippen molar-refractivity contribution in [1.29, 1.82) is 0 Å². The van der Waals surface area contributed by atoms with Crippen LogP contribution in [0.5, 0.6) is 0 Å². The number of carbonyl (C=O) groups excluding carboxylic acids is 2. The molecule has 37 heavy (non-hydrogen) atoms. The second-order valence-electron chi connectivity index (χ2n) is 8.52. The van der Waals surface area contributed by atoms with Gasteiger partial charge in [-0.05, 0) is 42.5 Å². The molecule has 8 nitrogen and oxygen atoms in total. The van der Waals surface area contributed by atoms with E-state index in [9.17, 15) is 18.0 Å². The number of esters is 1. The van der Waals surface area contributed by atoms with Crippen LogP contribution in [0.15, 0.2) is 88.2 Å². The Balaban J connectivity index is 1.26. The van der Waals surface area contributed by atoms with Crippen LogP contribution in [0.4, 0.5) is 5.69 Å². The van der Waals surface area contributed by atoms with Gasteiger partial charge in [0.1, 0.15) is 5.58 Å². The normalized spacial score (nSPS) is 14.6. The van der Waals surface area contributed by atoms with E-state index in [2.05, 4.69) is 4.90 Å². The van der Waals surface area contributed by atoms with E-state index in [1.165, 1.54) is 22.5 Å². The summed E-state index contributed by atoms with van der Waals surface area (Å²) in [7, 11) is -3.87. The third-order valence-corrected chi connectivity index (χ3v) is 8.41. The van der Waals surface area contributed by atoms with E-state index in [4.69, 9.17) is 20.8 Å². The topological polar surface area (TPSA) is 97.1 Å². The molecule has 0 aliphatic carbocycles. The van der Waals surface area contributed by atoms with Gasteiger partial charge in [-0.2, -0.15) is 4.31 Å². The first-order valence-electron chi connectivity index (χ1n) is 11.6. The summed E-state index contributed by atoms with van der Waals surface area (Å²) in [6.07, 6.45) is 0. The quantitative estimate of drug-likeness (QED) is 0.250. The molecule has 1 aliphatic rings. The van der Waals surface area contributed by atoms with E-state index >= 15 is 0 Å². The fraction of sp³-hybridized carbons (Fsp3) is 0.185. The molecule has 0 amide bonds. The second-order valence-corrected chi connectivity index (χ2v) is 10.9. The van der Waals surface area contributed by atoms with Crippen molar-refractivity contribution >= 4 is 50.0 Å². The predicted molar refractivity (Wildman–Crippen MR) is 140 cm³/mol. The third kappa shape index (κ3) is 5.24. The Kier molecular flexibility index (Phi) is 7.01. The number of halogens is 1. The van der Waals surface area contributed by atoms with Gasteiger partial charge in [0.25, 0.3) is 0 Å². The van der Waals surface area contributed by atoms with Crippen molar-refractivity contribution in [2.75, 3.05) is 37.7 Å². The first-order valence-corrected chi connectivity index (χ1v) is 13.4. The highest BCUT2D eigenvalue weighted by Crippen LogP contribution is 2.26. The lowest BCUT2D eigenvalue weighted by Crippen LogP contribution is -2.48. The number of anilines is 1. The van der Waals surface area contributed by atoms with Gasteiger partial charge in [-0.1, -0.05) is 48.0 Å². The van der Waals surface area contributed by atoms with Gasteiger partial charge in [-0.25, -0.2) is 13.2 Å². The molecule has 1 saturated heterocycles. The molecule has 4 aromatic rings. The first kappa shape index (κ1) is 25.0. The highest BCUT2D eigenvalue weighted by Gasteiger charge is 2.30. The lowest BCUT2D eigenvalue weighted by molar-refractivity contribution is 0.0468. The number of para-hydroxylation sites is 2. The molecule has 0 N–H and O–H groups in total. The van der Waals surface area contributed by atoms with Crippen LogP contribution in [0, 0.1) is 0 Å². The average Bonchev–Trinajstić information content (AvgIpc) is 3.37. The minimum Gasteiger partial charge on any atom is -0.454 e. The number of furan rings is 1. The van der Waals surface area contributed by atoms with Crippen molar-refractivity contribution in [2.45, 2.75) is 4.90 Å². The number of nitrogens with zero attached hydrogens (tertiary/aromatic N) is 2. The number of benzene rings is 3. The molecule has 190 valence electrons. The van der Waals surface area contributed by atoms with Crippen molar-refractivity contribution < 1.29 is 27.2 Å². The largest absolute Gasteiger partial charge is 0.454 e. The number of hydrogen-bond acceptors (Lipinski definition) is 7. The maximum atomic E-state index is 13.3. The number of piperazine rings is 1. The van der Waals surface area contributed by atoms with Crippen LogP contribution >= 0.6 is 11.6 Å². The van der Waals surface area contributed by atoms with Gasteiger partial charge in [0.05, 0.1) is 15.5 Å². The molecule has 0 radical (unpaired) electrons. The Morgan fingerprint density at radius 1 is 0.892 bits per heavy atom. The molecule has 1 aromatic heterocycles. The van der Waals surface area contributed by atoms with Gasteiger partial charge in [0.15, 0.2) is 12.4 Å². The Bertz CT molecular complexity index is 1530. The average molecular weight is 539 g/mol. The highest BCUT2D eigenvalue weighted by molar-refractivity contribution is 7.89.